The van der Waals surface area contributed by atoms with Crippen molar-refractivity contribution in [2.45, 2.75) is 12.6 Å². The molecule has 0 aliphatic carbocycles. The minimum Gasteiger partial charge on any atom is -0.352 e. The summed E-state index contributed by atoms with van der Waals surface area (Å²) >= 11 is 0. The molecule has 0 atom stereocenters. The van der Waals surface area contributed by atoms with E-state index >= 15 is 0 Å². The van der Waals surface area contributed by atoms with Gasteiger partial charge in [-0.25, -0.2) is 0 Å². The van der Waals surface area contributed by atoms with Gasteiger partial charge in [-0.05, 0) is 38.2 Å². The Hall–Kier alpha value is -1.60. The second-order valence-corrected chi connectivity index (χ2v) is 5.83. The van der Waals surface area contributed by atoms with Crippen molar-refractivity contribution >= 4 is 5.91 Å². The summed E-state index contributed by atoms with van der Waals surface area (Å²) in [5.74, 6) is -0.463. The van der Waals surface area contributed by atoms with Crippen LogP contribution in [0.5, 0.6) is 0 Å². The van der Waals surface area contributed by atoms with Crippen LogP contribution >= 0.6 is 0 Å². The SMILES string of the molecule is CN1CCN(CCCNC(=O)c2cccc(C(F)(F)F)c2)CC1. The summed E-state index contributed by atoms with van der Waals surface area (Å²) in [6, 6.07) is 4.49. The molecular formula is C16H22F3N3O. The maximum absolute atomic E-state index is 12.6. The average molecular weight is 329 g/mol. The highest BCUT2D eigenvalue weighted by atomic mass is 19.4. The number of amides is 1. The Morgan fingerprint density at radius 3 is 2.57 bits per heavy atom. The molecule has 1 N–H and O–H groups in total. The zero-order valence-electron chi connectivity index (χ0n) is 13.2. The van der Waals surface area contributed by atoms with Gasteiger partial charge in [-0.2, -0.15) is 13.2 Å². The summed E-state index contributed by atoms with van der Waals surface area (Å²) in [4.78, 5) is 16.5. The smallest absolute Gasteiger partial charge is 0.352 e. The first-order chi connectivity index (χ1) is 10.9. The molecule has 1 aliphatic heterocycles. The van der Waals surface area contributed by atoms with E-state index in [9.17, 15) is 18.0 Å². The number of likely N-dealkylation sites (N-methyl/N-ethyl adjacent to an activating group) is 1. The molecule has 1 aromatic rings. The lowest BCUT2D eigenvalue weighted by Gasteiger charge is -2.32. The second-order valence-electron chi connectivity index (χ2n) is 5.83. The van der Waals surface area contributed by atoms with Crippen LogP contribution in [-0.2, 0) is 6.18 Å². The quantitative estimate of drug-likeness (QED) is 0.840. The third-order valence-electron chi connectivity index (χ3n) is 3.98. The van der Waals surface area contributed by atoms with Gasteiger partial charge in [0.25, 0.3) is 5.91 Å². The molecule has 0 saturated carbocycles. The van der Waals surface area contributed by atoms with E-state index in [4.69, 9.17) is 0 Å². The molecule has 1 fully saturated rings. The third-order valence-corrected chi connectivity index (χ3v) is 3.98. The van der Waals surface area contributed by atoms with Crippen LogP contribution in [0.3, 0.4) is 0 Å². The Bertz CT molecular complexity index is 526. The molecule has 128 valence electrons. The van der Waals surface area contributed by atoms with Crippen LogP contribution in [-0.4, -0.2) is 62.0 Å². The van der Waals surface area contributed by atoms with Gasteiger partial charge in [0.1, 0.15) is 0 Å². The molecule has 2 rings (SSSR count). The normalized spacial score (nSPS) is 17.2. The molecular weight excluding hydrogens is 307 g/mol. The molecule has 0 bridgehead atoms. The summed E-state index contributed by atoms with van der Waals surface area (Å²) in [5, 5.41) is 2.68. The lowest BCUT2D eigenvalue weighted by molar-refractivity contribution is -0.137. The van der Waals surface area contributed by atoms with Crippen molar-refractivity contribution in [2.75, 3.05) is 46.3 Å². The molecule has 1 amide bonds. The first-order valence-electron chi connectivity index (χ1n) is 7.72. The summed E-state index contributed by atoms with van der Waals surface area (Å²) in [6.07, 6.45) is -3.65. The van der Waals surface area contributed by atoms with E-state index in [-0.39, 0.29) is 5.56 Å². The molecule has 1 aromatic carbocycles. The fourth-order valence-corrected chi connectivity index (χ4v) is 2.51. The van der Waals surface area contributed by atoms with Gasteiger partial charge >= 0.3 is 6.18 Å². The van der Waals surface area contributed by atoms with Crippen LogP contribution in [0.15, 0.2) is 24.3 Å². The number of carbonyl (C=O) groups excluding carboxylic acids is 1. The number of alkyl halides is 3. The Morgan fingerprint density at radius 1 is 1.22 bits per heavy atom. The second kappa shape index (κ2) is 7.79. The topological polar surface area (TPSA) is 35.6 Å². The minimum atomic E-state index is -4.43. The number of nitrogens with one attached hydrogen (secondary N) is 1. The van der Waals surface area contributed by atoms with E-state index in [1.165, 1.54) is 12.1 Å². The van der Waals surface area contributed by atoms with Crippen molar-refractivity contribution in [1.29, 1.82) is 0 Å². The van der Waals surface area contributed by atoms with E-state index in [1.54, 1.807) is 0 Å². The average Bonchev–Trinajstić information content (AvgIpc) is 2.52. The van der Waals surface area contributed by atoms with E-state index < -0.39 is 17.6 Å². The van der Waals surface area contributed by atoms with Gasteiger partial charge in [-0.15, -0.1) is 0 Å². The largest absolute Gasteiger partial charge is 0.416 e. The Labute approximate surface area is 134 Å². The molecule has 1 aliphatic rings. The summed E-state index contributed by atoms with van der Waals surface area (Å²) in [7, 11) is 2.09. The zero-order valence-corrected chi connectivity index (χ0v) is 13.2. The number of piperazine rings is 1. The molecule has 1 saturated heterocycles. The highest BCUT2D eigenvalue weighted by Crippen LogP contribution is 2.29. The van der Waals surface area contributed by atoms with Crippen LogP contribution in [0.2, 0.25) is 0 Å². The number of carbonyl (C=O) groups is 1. The first kappa shape index (κ1) is 17.7. The molecule has 4 nitrogen and oxygen atoms in total. The zero-order chi connectivity index (χ0) is 16.9. The van der Waals surface area contributed by atoms with Gasteiger partial charge in [0.05, 0.1) is 5.56 Å². The molecule has 0 spiro atoms. The number of hydrogen-bond donors (Lipinski definition) is 1. The molecule has 0 unspecified atom stereocenters. The van der Waals surface area contributed by atoms with E-state index in [0.29, 0.717) is 6.54 Å². The minimum absolute atomic E-state index is 0.0411. The Morgan fingerprint density at radius 2 is 1.91 bits per heavy atom. The molecule has 7 heteroatoms. The Balaban J connectivity index is 1.75. The lowest BCUT2D eigenvalue weighted by Crippen LogP contribution is -2.45. The van der Waals surface area contributed by atoms with Gasteiger partial charge in [0.2, 0.25) is 0 Å². The van der Waals surface area contributed by atoms with Gasteiger partial charge in [0, 0.05) is 38.3 Å². The first-order valence-corrected chi connectivity index (χ1v) is 7.72. The molecule has 23 heavy (non-hydrogen) atoms. The van der Waals surface area contributed by atoms with Crippen molar-refractivity contribution in [3.63, 3.8) is 0 Å². The van der Waals surface area contributed by atoms with Gasteiger partial charge in [0.15, 0.2) is 0 Å². The predicted molar refractivity (Wildman–Crippen MR) is 82.3 cm³/mol. The lowest BCUT2D eigenvalue weighted by atomic mass is 10.1. The summed E-state index contributed by atoms with van der Waals surface area (Å²) in [5.41, 5.74) is -0.762. The van der Waals surface area contributed by atoms with Gasteiger partial charge in [-0.1, -0.05) is 6.07 Å². The number of nitrogens with zero attached hydrogens (tertiary/aromatic N) is 2. The number of rotatable bonds is 5. The van der Waals surface area contributed by atoms with Crippen LogP contribution in [0.4, 0.5) is 13.2 Å². The van der Waals surface area contributed by atoms with Crippen LogP contribution < -0.4 is 5.32 Å². The van der Waals surface area contributed by atoms with Crippen LogP contribution in [0.25, 0.3) is 0 Å². The molecule has 0 radical (unpaired) electrons. The van der Waals surface area contributed by atoms with Crippen molar-refractivity contribution in [3.8, 4) is 0 Å². The maximum atomic E-state index is 12.6. The van der Waals surface area contributed by atoms with Crippen molar-refractivity contribution < 1.29 is 18.0 Å². The van der Waals surface area contributed by atoms with Gasteiger partial charge in [-0.3, -0.25) is 4.79 Å². The fourth-order valence-electron chi connectivity index (χ4n) is 2.51. The van der Waals surface area contributed by atoms with E-state index in [2.05, 4.69) is 22.2 Å². The van der Waals surface area contributed by atoms with Crippen LogP contribution in [0.1, 0.15) is 22.3 Å². The summed E-state index contributed by atoms with van der Waals surface area (Å²) in [6.45, 7) is 5.45. The molecule has 0 aromatic heterocycles. The van der Waals surface area contributed by atoms with E-state index in [0.717, 1.165) is 51.3 Å². The summed E-state index contributed by atoms with van der Waals surface area (Å²) < 4.78 is 37.9. The predicted octanol–water partition coefficient (Wildman–Crippen LogP) is 2.07. The standard InChI is InChI=1S/C16H22F3N3O/c1-21-8-10-22(11-9-21)7-3-6-20-15(23)13-4-2-5-14(12-13)16(17,18)19/h2,4-5,12H,3,6-11H2,1H3,(H,20,23). The number of benzene rings is 1. The number of halogens is 3. The van der Waals surface area contributed by atoms with Crippen molar-refractivity contribution in [1.82, 2.24) is 15.1 Å². The Kier molecular flexibility index (Phi) is 6.01. The van der Waals surface area contributed by atoms with Crippen molar-refractivity contribution in [2.24, 2.45) is 0 Å². The maximum Gasteiger partial charge on any atom is 0.416 e. The van der Waals surface area contributed by atoms with Crippen molar-refractivity contribution in [3.05, 3.63) is 35.4 Å². The number of hydrogen-bond acceptors (Lipinski definition) is 3. The van der Waals surface area contributed by atoms with Gasteiger partial charge < -0.3 is 15.1 Å². The highest BCUT2D eigenvalue weighted by Gasteiger charge is 2.30. The van der Waals surface area contributed by atoms with E-state index in [1.807, 2.05) is 0 Å². The van der Waals surface area contributed by atoms with Crippen LogP contribution in [0, 0.1) is 0 Å². The molecule has 1 heterocycles. The third kappa shape index (κ3) is 5.51. The monoisotopic (exact) mass is 329 g/mol. The fraction of sp³-hybridized carbons (Fsp3) is 0.562. The highest BCUT2D eigenvalue weighted by molar-refractivity contribution is 5.94.